The van der Waals surface area contributed by atoms with Crippen LogP contribution in [0.25, 0.3) is 11.3 Å². The van der Waals surface area contributed by atoms with E-state index in [1.54, 1.807) is 30.3 Å². The van der Waals surface area contributed by atoms with Crippen molar-refractivity contribution < 1.29 is 14.4 Å². The Balaban J connectivity index is 1.43. The van der Waals surface area contributed by atoms with E-state index in [1.165, 1.54) is 23.1 Å². The lowest BCUT2D eigenvalue weighted by Gasteiger charge is -2.21. The van der Waals surface area contributed by atoms with Crippen molar-refractivity contribution in [2.24, 2.45) is 0 Å². The molecule has 1 aliphatic heterocycles. The highest BCUT2D eigenvalue weighted by atomic mass is 16.2. The average Bonchev–Trinajstić information content (AvgIpc) is 3.17. The number of benzene rings is 3. The number of imide groups is 1. The van der Waals surface area contributed by atoms with E-state index in [-0.39, 0.29) is 28.2 Å². The Kier molecular flexibility index (Phi) is 6.23. The number of para-hydroxylation sites is 1. The lowest BCUT2D eigenvalue weighted by Crippen LogP contribution is -2.31. The molecule has 8 heteroatoms. The van der Waals surface area contributed by atoms with Crippen molar-refractivity contribution in [2.45, 2.75) is 26.7 Å². The van der Waals surface area contributed by atoms with Gasteiger partial charge in [0.05, 0.1) is 22.5 Å². The fraction of sp³-hybridized carbons (Fsp3) is 0.138. The highest BCUT2D eigenvalue weighted by molar-refractivity contribution is 6.35. The van der Waals surface area contributed by atoms with Gasteiger partial charge in [0.1, 0.15) is 0 Å². The highest BCUT2D eigenvalue weighted by Gasteiger charge is 2.38. The van der Waals surface area contributed by atoms with E-state index in [4.69, 9.17) is 0 Å². The lowest BCUT2D eigenvalue weighted by molar-refractivity contribution is 0.0925. The Bertz CT molecular complexity index is 1580. The molecule has 1 aromatic heterocycles. The monoisotopic (exact) mass is 492 g/mol. The molecule has 8 nitrogen and oxygen atoms in total. The first kappa shape index (κ1) is 23.9. The molecule has 1 aliphatic rings. The Morgan fingerprint density at radius 2 is 1.54 bits per heavy atom. The molecule has 4 aromatic rings. The molecule has 5 rings (SSSR count). The smallest absolute Gasteiger partial charge is 0.266 e. The number of carbonyl (C=O) groups excluding carboxylic acids is 3. The van der Waals surface area contributed by atoms with E-state index >= 15 is 0 Å². The Labute approximate surface area is 213 Å². The predicted molar refractivity (Wildman–Crippen MR) is 141 cm³/mol. The van der Waals surface area contributed by atoms with Crippen LogP contribution in [-0.2, 0) is 12.8 Å². The number of carbonyl (C=O) groups is 3. The van der Waals surface area contributed by atoms with Gasteiger partial charge in [0.15, 0.2) is 0 Å². The number of fused-ring (bicyclic) bond motifs is 1. The first-order valence-electron chi connectivity index (χ1n) is 12.0. The van der Waals surface area contributed by atoms with Crippen LogP contribution in [0.1, 0.15) is 56.0 Å². The minimum absolute atomic E-state index is 0.205. The molecule has 0 radical (unpaired) electrons. The van der Waals surface area contributed by atoms with Crippen LogP contribution in [-0.4, -0.2) is 27.9 Å². The second-order valence-corrected chi connectivity index (χ2v) is 8.68. The van der Waals surface area contributed by atoms with Gasteiger partial charge < -0.3 is 5.32 Å². The number of rotatable bonds is 6. The van der Waals surface area contributed by atoms with Gasteiger partial charge in [-0.2, -0.15) is 5.10 Å². The SMILES string of the molecule is CCc1cccc(CC)c1N1C(=O)c2ccc(C(=O)Nc3cccc(-c4ccc(=O)[nH]n4)c3)cc2C1=O. The molecule has 0 bridgehead atoms. The predicted octanol–water partition coefficient (Wildman–Crippen LogP) is 4.61. The van der Waals surface area contributed by atoms with Gasteiger partial charge in [-0.3, -0.25) is 19.2 Å². The first-order chi connectivity index (χ1) is 17.9. The zero-order valence-electron chi connectivity index (χ0n) is 20.4. The van der Waals surface area contributed by atoms with Gasteiger partial charge in [-0.15, -0.1) is 0 Å². The second kappa shape index (κ2) is 9.66. The third kappa shape index (κ3) is 4.33. The molecule has 0 aliphatic carbocycles. The maximum absolute atomic E-state index is 13.4. The van der Waals surface area contributed by atoms with Gasteiger partial charge >= 0.3 is 0 Å². The largest absolute Gasteiger partial charge is 0.322 e. The summed E-state index contributed by atoms with van der Waals surface area (Å²) in [7, 11) is 0. The van der Waals surface area contributed by atoms with E-state index in [0.29, 0.717) is 35.5 Å². The standard InChI is InChI=1S/C29H24N4O4/c1-3-17-7-5-8-18(4-2)26(17)33-28(36)22-12-11-20(16-23(22)29(33)37)27(35)30-21-10-6-9-19(15-21)24-13-14-25(34)32-31-24/h5-16H,3-4H2,1-2H3,(H,30,35)(H,32,34). The summed E-state index contributed by atoms with van der Waals surface area (Å²) >= 11 is 0. The molecule has 0 spiro atoms. The fourth-order valence-electron chi connectivity index (χ4n) is 4.55. The van der Waals surface area contributed by atoms with Gasteiger partial charge in [0.2, 0.25) is 0 Å². The van der Waals surface area contributed by atoms with Crippen LogP contribution in [0.5, 0.6) is 0 Å². The molecule has 37 heavy (non-hydrogen) atoms. The number of hydrogen-bond acceptors (Lipinski definition) is 5. The molecular formula is C29H24N4O4. The van der Waals surface area contributed by atoms with Gasteiger partial charge in [0, 0.05) is 22.9 Å². The number of amides is 3. The average molecular weight is 493 g/mol. The molecule has 0 saturated heterocycles. The summed E-state index contributed by atoms with van der Waals surface area (Å²) in [5.41, 5.74) is 4.69. The van der Waals surface area contributed by atoms with Crippen molar-refractivity contribution in [1.82, 2.24) is 10.2 Å². The number of aromatic nitrogens is 2. The number of anilines is 2. The Hall–Kier alpha value is -4.85. The molecule has 184 valence electrons. The van der Waals surface area contributed by atoms with Crippen molar-refractivity contribution in [3.8, 4) is 11.3 Å². The maximum Gasteiger partial charge on any atom is 0.266 e. The van der Waals surface area contributed by atoms with Gasteiger partial charge in [-0.1, -0.05) is 44.2 Å². The van der Waals surface area contributed by atoms with Crippen LogP contribution in [0.4, 0.5) is 11.4 Å². The van der Waals surface area contributed by atoms with Gasteiger partial charge in [0.25, 0.3) is 23.3 Å². The van der Waals surface area contributed by atoms with Crippen molar-refractivity contribution in [2.75, 3.05) is 10.2 Å². The molecule has 2 N–H and O–H groups in total. The van der Waals surface area contributed by atoms with E-state index in [0.717, 1.165) is 11.1 Å². The van der Waals surface area contributed by atoms with Crippen molar-refractivity contribution in [3.63, 3.8) is 0 Å². The topological polar surface area (TPSA) is 112 Å². The summed E-state index contributed by atoms with van der Waals surface area (Å²) < 4.78 is 0. The van der Waals surface area contributed by atoms with Crippen LogP contribution < -0.4 is 15.8 Å². The Morgan fingerprint density at radius 1 is 0.838 bits per heavy atom. The van der Waals surface area contributed by atoms with Crippen molar-refractivity contribution in [3.05, 3.63) is 111 Å². The minimum atomic E-state index is -0.434. The molecule has 3 aromatic carbocycles. The second-order valence-electron chi connectivity index (χ2n) is 8.68. The molecule has 0 unspecified atom stereocenters. The normalized spacial score (nSPS) is 12.5. The lowest BCUT2D eigenvalue weighted by atomic mass is 10.0. The summed E-state index contributed by atoms with van der Waals surface area (Å²) in [5.74, 6) is -1.24. The Morgan fingerprint density at radius 3 is 2.22 bits per heavy atom. The third-order valence-corrected chi connectivity index (χ3v) is 6.43. The van der Waals surface area contributed by atoms with Crippen LogP contribution in [0.15, 0.2) is 77.6 Å². The number of aromatic amines is 1. The molecule has 0 fully saturated rings. The van der Waals surface area contributed by atoms with Gasteiger partial charge in [-0.25, -0.2) is 10.00 Å². The fourth-order valence-corrected chi connectivity index (χ4v) is 4.55. The number of hydrogen-bond donors (Lipinski definition) is 2. The summed E-state index contributed by atoms with van der Waals surface area (Å²) in [6, 6.07) is 20.3. The van der Waals surface area contributed by atoms with E-state index < -0.39 is 11.8 Å². The summed E-state index contributed by atoms with van der Waals surface area (Å²) in [4.78, 5) is 52.3. The van der Waals surface area contributed by atoms with Crippen LogP contribution >= 0.6 is 0 Å². The zero-order chi connectivity index (χ0) is 26.1. The summed E-state index contributed by atoms with van der Waals surface area (Å²) in [6.07, 6.45) is 1.36. The summed E-state index contributed by atoms with van der Waals surface area (Å²) in [6.45, 7) is 3.97. The highest BCUT2D eigenvalue weighted by Crippen LogP contribution is 2.34. The van der Waals surface area contributed by atoms with Crippen LogP contribution in [0, 0.1) is 0 Å². The van der Waals surface area contributed by atoms with Crippen molar-refractivity contribution in [1.29, 1.82) is 0 Å². The number of H-pyrrole nitrogens is 1. The number of aryl methyl sites for hydroxylation is 2. The maximum atomic E-state index is 13.4. The van der Waals surface area contributed by atoms with E-state index in [1.807, 2.05) is 38.1 Å². The van der Waals surface area contributed by atoms with Crippen LogP contribution in [0.2, 0.25) is 0 Å². The number of nitrogens with zero attached hydrogens (tertiary/aromatic N) is 2. The quantitative estimate of drug-likeness (QED) is 0.382. The summed E-state index contributed by atoms with van der Waals surface area (Å²) in [5, 5.41) is 9.23. The first-order valence-corrected chi connectivity index (χ1v) is 12.0. The van der Waals surface area contributed by atoms with Crippen molar-refractivity contribution >= 4 is 29.1 Å². The molecule has 0 atom stereocenters. The molecule has 2 heterocycles. The van der Waals surface area contributed by atoms with E-state index in [2.05, 4.69) is 15.5 Å². The third-order valence-electron chi connectivity index (χ3n) is 6.43. The number of nitrogens with one attached hydrogen (secondary N) is 2. The molecular weight excluding hydrogens is 468 g/mol. The molecule has 3 amide bonds. The zero-order valence-corrected chi connectivity index (χ0v) is 20.4. The minimum Gasteiger partial charge on any atom is -0.322 e. The molecule has 0 saturated carbocycles. The van der Waals surface area contributed by atoms with E-state index in [9.17, 15) is 19.2 Å². The van der Waals surface area contributed by atoms with Crippen LogP contribution in [0.3, 0.4) is 0 Å². The van der Waals surface area contributed by atoms with Gasteiger partial charge in [-0.05, 0) is 60.4 Å².